The molecule has 4 heteroatoms. The van der Waals surface area contributed by atoms with Gasteiger partial charge in [0.2, 0.25) is 0 Å². The zero-order valence-corrected chi connectivity index (χ0v) is 11.6. The molecule has 0 bridgehead atoms. The summed E-state index contributed by atoms with van der Waals surface area (Å²) in [4.78, 5) is 0. The first-order valence-corrected chi connectivity index (χ1v) is 6.57. The standard InChI is InChI=1S/C15H12Cl2F2/c16-13-5-1-11(2-6-13)9-15(18,19)10-12-3-7-14(17)8-4-12/h1-8H,9-10H2. The first-order valence-electron chi connectivity index (χ1n) is 5.81. The lowest BCUT2D eigenvalue weighted by Gasteiger charge is -2.16. The molecule has 0 aliphatic heterocycles. The zero-order chi connectivity index (χ0) is 13.9. The summed E-state index contributed by atoms with van der Waals surface area (Å²) in [7, 11) is 0. The summed E-state index contributed by atoms with van der Waals surface area (Å²) in [6, 6.07) is 13.0. The van der Waals surface area contributed by atoms with Crippen molar-refractivity contribution >= 4 is 23.2 Å². The van der Waals surface area contributed by atoms with E-state index in [-0.39, 0.29) is 12.8 Å². The van der Waals surface area contributed by atoms with Crippen molar-refractivity contribution < 1.29 is 8.78 Å². The quantitative estimate of drug-likeness (QED) is 0.708. The number of halogens is 4. The van der Waals surface area contributed by atoms with E-state index in [2.05, 4.69) is 0 Å². The molecule has 0 aromatic heterocycles. The van der Waals surface area contributed by atoms with Crippen molar-refractivity contribution in [1.29, 1.82) is 0 Å². The normalized spacial score (nSPS) is 11.6. The van der Waals surface area contributed by atoms with E-state index in [0.717, 1.165) is 0 Å². The van der Waals surface area contributed by atoms with E-state index in [1.54, 1.807) is 48.5 Å². The molecule has 100 valence electrons. The van der Waals surface area contributed by atoms with Crippen LogP contribution in [-0.2, 0) is 12.8 Å². The first-order chi connectivity index (χ1) is 8.94. The maximum Gasteiger partial charge on any atom is 0.256 e. The third-order valence-electron chi connectivity index (χ3n) is 2.75. The summed E-state index contributed by atoms with van der Waals surface area (Å²) < 4.78 is 27.9. The fraction of sp³-hybridized carbons (Fsp3) is 0.200. The van der Waals surface area contributed by atoms with E-state index in [0.29, 0.717) is 21.2 Å². The summed E-state index contributed by atoms with van der Waals surface area (Å²) in [5.41, 5.74) is 1.15. The minimum Gasteiger partial charge on any atom is -0.206 e. The molecule has 0 saturated carbocycles. The fourth-order valence-electron chi connectivity index (χ4n) is 1.86. The van der Waals surface area contributed by atoms with Gasteiger partial charge in [0.1, 0.15) is 0 Å². The van der Waals surface area contributed by atoms with Crippen LogP contribution in [0.15, 0.2) is 48.5 Å². The zero-order valence-electron chi connectivity index (χ0n) is 10.0. The van der Waals surface area contributed by atoms with E-state index in [1.807, 2.05) is 0 Å². The molecule has 0 atom stereocenters. The molecule has 19 heavy (non-hydrogen) atoms. The van der Waals surface area contributed by atoms with Crippen molar-refractivity contribution in [3.63, 3.8) is 0 Å². The van der Waals surface area contributed by atoms with Gasteiger partial charge in [-0.2, -0.15) is 0 Å². The molecule has 0 spiro atoms. The topological polar surface area (TPSA) is 0 Å². The Kier molecular flexibility index (Phi) is 4.43. The van der Waals surface area contributed by atoms with E-state index in [4.69, 9.17) is 23.2 Å². The number of rotatable bonds is 4. The molecule has 2 rings (SSSR count). The fourth-order valence-corrected chi connectivity index (χ4v) is 2.12. The van der Waals surface area contributed by atoms with Crippen molar-refractivity contribution in [2.45, 2.75) is 18.8 Å². The smallest absolute Gasteiger partial charge is 0.206 e. The number of hydrogen-bond acceptors (Lipinski definition) is 0. The molecule has 0 N–H and O–H groups in total. The van der Waals surface area contributed by atoms with Gasteiger partial charge in [0.05, 0.1) is 0 Å². The number of benzene rings is 2. The van der Waals surface area contributed by atoms with Gasteiger partial charge < -0.3 is 0 Å². The molecule has 0 radical (unpaired) electrons. The monoisotopic (exact) mass is 300 g/mol. The van der Waals surface area contributed by atoms with Crippen molar-refractivity contribution in [3.8, 4) is 0 Å². The van der Waals surface area contributed by atoms with Crippen LogP contribution in [0.2, 0.25) is 10.0 Å². The highest BCUT2D eigenvalue weighted by Crippen LogP contribution is 2.26. The Labute approximate surface area is 121 Å². The average Bonchev–Trinajstić information content (AvgIpc) is 2.34. The van der Waals surface area contributed by atoms with Gasteiger partial charge in [0, 0.05) is 22.9 Å². The highest BCUT2D eigenvalue weighted by atomic mass is 35.5. The van der Waals surface area contributed by atoms with Crippen LogP contribution in [0.3, 0.4) is 0 Å². The van der Waals surface area contributed by atoms with Crippen LogP contribution in [0.4, 0.5) is 8.78 Å². The second-order valence-corrected chi connectivity index (χ2v) is 5.34. The van der Waals surface area contributed by atoms with Gasteiger partial charge in [-0.15, -0.1) is 0 Å². The van der Waals surface area contributed by atoms with Crippen LogP contribution < -0.4 is 0 Å². The van der Waals surface area contributed by atoms with Crippen molar-refractivity contribution in [3.05, 3.63) is 69.7 Å². The highest BCUT2D eigenvalue weighted by molar-refractivity contribution is 6.30. The number of hydrogen-bond donors (Lipinski definition) is 0. The van der Waals surface area contributed by atoms with Crippen LogP contribution in [0.5, 0.6) is 0 Å². The maximum atomic E-state index is 13.9. The minimum atomic E-state index is -2.79. The van der Waals surface area contributed by atoms with E-state index in [9.17, 15) is 8.78 Å². The second-order valence-electron chi connectivity index (χ2n) is 4.46. The average molecular weight is 301 g/mol. The van der Waals surface area contributed by atoms with E-state index in [1.165, 1.54) is 0 Å². The third-order valence-corrected chi connectivity index (χ3v) is 3.26. The molecular weight excluding hydrogens is 289 g/mol. The molecule has 0 saturated heterocycles. The van der Waals surface area contributed by atoms with Gasteiger partial charge in [-0.1, -0.05) is 47.5 Å². The SMILES string of the molecule is FC(F)(Cc1ccc(Cl)cc1)Cc1ccc(Cl)cc1. The minimum absolute atomic E-state index is 0.299. The molecule has 0 fully saturated rings. The van der Waals surface area contributed by atoms with Gasteiger partial charge in [0.15, 0.2) is 0 Å². The molecule has 0 aliphatic carbocycles. The van der Waals surface area contributed by atoms with Gasteiger partial charge in [-0.05, 0) is 35.4 Å². The summed E-state index contributed by atoms with van der Waals surface area (Å²) in [5.74, 6) is -2.79. The number of alkyl halides is 2. The molecule has 2 aromatic carbocycles. The van der Waals surface area contributed by atoms with Crippen molar-refractivity contribution in [2.24, 2.45) is 0 Å². The molecule has 2 aromatic rings. The molecule has 0 nitrogen and oxygen atoms in total. The van der Waals surface area contributed by atoms with Crippen LogP contribution in [0.25, 0.3) is 0 Å². The van der Waals surface area contributed by atoms with Gasteiger partial charge >= 0.3 is 0 Å². The molecule has 0 aliphatic rings. The first kappa shape index (κ1) is 14.3. The van der Waals surface area contributed by atoms with Gasteiger partial charge in [-0.3, -0.25) is 0 Å². The molecule has 0 amide bonds. The predicted molar refractivity (Wildman–Crippen MR) is 75.3 cm³/mol. The Morgan fingerprint density at radius 1 is 0.684 bits per heavy atom. The molecule has 0 heterocycles. The van der Waals surface area contributed by atoms with Gasteiger partial charge in [0.25, 0.3) is 5.92 Å². The summed E-state index contributed by atoms with van der Waals surface area (Å²) in [6.07, 6.45) is -0.598. The van der Waals surface area contributed by atoms with E-state index >= 15 is 0 Å². The summed E-state index contributed by atoms with van der Waals surface area (Å²) in [5, 5.41) is 1.09. The van der Waals surface area contributed by atoms with Crippen LogP contribution in [-0.4, -0.2) is 5.92 Å². The van der Waals surface area contributed by atoms with Gasteiger partial charge in [-0.25, -0.2) is 8.78 Å². The lowest BCUT2D eigenvalue weighted by molar-refractivity contribution is 0.00213. The lowest BCUT2D eigenvalue weighted by Crippen LogP contribution is -2.22. The Bertz CT molecular complexity index is 484. The molecular formula is C15H12Cl2F2. The Hall–Kier alpha value is -1.12. The van der Waals surface area contributed by atoms with Crippen LogP contribution >= 0.6 is 23.2 Å². The largest absolute Gasteiger partial charge is 0.256 e. The van der Waals surface area contributed by atoms with Crippen molar-refractivity contribution in [2.75, 3.05) is 0 Å². The van der Waals surface area contributed by atoms with E-state index < -0.39 is 5.92 Å². The Balaban J connectivity index is 2.05. The van der Waals surface area contributed by atoms with Crippen LogP contribution in [0, 0.1) is 0 Å². The van der Waals surface area contributed by atoms with Crippen LogP contribution in [0.1, 0.15) is 11.1 Å². The second kappa shape index (κ2) is 5.89. The Morgan fingerprint density at radius 2 is 1.00 bits per heavy atom. The third kappa shape index (κ3) is 4.48. The maximum absolute atomic E-state index is 13.9. The summed E-state index contributed by atoms with van der Waals surface area (Å²) >= 11 is 11.5. The molecule has 0 unspecified atom stereocenters. The predicted octanol–water partition coefficient (Wildman–Crippen LogP) is 5.41. The summed E-state index contributed by atoms with van der Waals surface area (Å²) in [6.45, 7) is 0. The Morgan fingerprint density at radius 3 is 1.32 bits per heavy atom. The highest BCUT2D eigenvalue weighted by Gasteiger charge is 2.29. The lowest BCUT2D eigenvalue weighted by atomic mass is 10.0. The van der Waals surface area contributed by atoms with Crippen molar-refractivity contribution in [1.82, 2.24) is 0 Å².